The van der Waals surface area contributed by atoms with Crippen molar-refractivity contribution in [2.75, 3.05) is 0 Å². The van der Waals surface area contributed by atoms with E-state index in [0.717, 1.165) is 37.4 Å². The first-order valence-corrected chi connectivity index (χ1v) is 7.27. The molecule has 0 amide bonds. The quantitative estimate of drug-likeness (QED) is 0.453. The lowest BCUT2D eigenvalue weighted by Gasteiger charge is -2.25. The summed E-state index contributed by atoms with van der Waals surface area (Å²) in [7, 11) is 0. The van der Waals surface area contributed by atoms with Crippen LogP contribution < -0.4 is 0 Å². The largest absolute Gasteiger partial charge is 0.303 e. The smallest absolute Gasteiger partial charge is 0.143 e. The molecule has 0 radical (unpaired) electrons. The molecule has 1 atom stereocenters. The molecule has 0 N–H and O–H groups in total. The van der Waals surface area contributed by atoms with Crippen molar-refractivity contribution >= 4 is 12.1 Å². The van der Waals surface area contributed by atoms with Crippen molar-refractivity contribution in [2.45, 2.75) is 64.2 Å². The number of aldehydes is 1. The third-order valence-corrected chi connectivity index (χ3v) is 4.42. The van der Waals surface area contributed by atoms with Gasteiger partial charge < -0.3 is 4.79 Å². The standard InChI is InChI=1S/C15H24O2/c16-11-14(10-9-13-7-8-13)15(17)6-2-5-12-3-1-4-12/h11-14H,1-10H2. The van der Waals surface area contributed by atoms with E-state index in [0.29, 0.717) is 6.42 Å². The molecule has 2 aliphatic rings. The molecule has 0 aromatic heterocycles. The van der Waals surface area contributed by atoms with Gasteiger partial charge in [-0.25, -0.2) is 0 Å². The number of carbonyl (C=O) groups excluding carboxylic acids is 2. The number of hydrogen-bond donors (Lipinski definition) is 0. The summed E-state index contributed by atoms with van der Waals surface area (Å²) in [6.45, 7) is 0. The van der Waals surface area contributed by atoms with E-state index >= 15 is 0 Å². The van der Waals surface area contributed by atoms with Gasteiger partial charge >= 0.3 is 0 Å². The van der Waals surface area contributed by atoms with Gasteiger partial charge in [0.15, 0.2) is 0 Å². The highest BCUT2D eigenvalue weighted by Gasteiger charge is 2.25. The molecular formula is C15H24O2. The second-order valence-corrected chi connectivity index (χ2v) is 5.92. The fourth-order valence-corrected chi connectivity index (χ4v) is 2.66. The van der Waals surface area contributed by atoms with Gasteiger partial charge in [-0.3, -0.25) is 4.79 Å². The van der Waals surface area contributed by atoms with Crippen LogP contribution in [0.5, 0.6) is 0 Å². The van der Waals surface area contributed by atoms with E-state index in [2.05, 4.69) is 0 Å². The van der Waals surface area contributed by atoms with Crippen LogP contribution in [0.15, 0.2) is 0 Å². The molecule has 2 fully saturated rings. The van der Waals surface area contributed by atoms with Crippen molar-refractivity contribution in [3.63, 3.8) is 0 Å². The van der Waals surface area contributed by atoms with Crippen molar-refractivity contribution in [3.05, 3.63) is 0 Å². The van der Waals surface area contributed by atoms with Crippen LogP contribution in [0, 0.1) is 17.8 Å². The first-order chi connectivity index (χ1) is 8.29. The fraction of sp³-hybridized carbons (Fsp3) is 0.867. The van der Waals surface area contributed by atoms with E-state index < -0.39 is 0 Å². The molecule has 2 saturated carbocycles. The Labute approximate surface area is 104 Å². The maximum absolute atomic E-state index is 11.9. The molecule has 96 valence electrons. The minimum Gasteiger partial charge on any atom is -0.303 e. The second kappa shape index (κ2) is 6.32. The van der Waals surface area contributed by atoms with Gasteiger partial charge in [0.05, 0.1) is 5.92 Å². The number of ketones is 1. The molecule has 1 unspecified atom stereocenters. The lowest BCUT2D eigenvalue weighted by Crippen LogP contribution is -2.17. The van der Waals surface area contributed by atoms with Gasteiger partial charge in [-0.1, -0.05) is 38.5 Å². The zero-order chi connectivity index (χ0) is 12.1. The summed E-state index contributed by atoms with van der Waals surface area (Å²) < 4.78 is 0. The van der Waals surface area contributed by atoms with Crippen LogP contribution in [0.25, 0.3) is 0 Å². The molecule has 2 nitrogen and oxygen atoms in total. The molecule has 0 heterocycles. The summed E-state index contributed by atoms with van der Waals surface area (Å²) in [6.07, 6.45) is 12.3. The summed E-state index contributed by atoms with van der Waals surface area (Å²) in [6, 6.07) is 0. The van der Waals surface area contributed by atoms with Crippen molar-refractivity contribution in [1.82, 2.24) is 0 Å². The summed E-state index contributed by atoms with van der Waals surface area (Å²) in [5.74, 6) is 1.60. The van der Waals surface area contributed by atoms with Gasteiger partial charge in [-0.15, -0.1) is 0 Å². The number of carbonyl (C=O) groups is 2. The van der Waals surface area contributed by atoms with Gasteiger partial charge in [-0.05, 0) is 31.1 Å². The van der Waals surface area contributed by atoms with E-state index in [1.165, 1.54) is 38.5 Å². The Morgan fingerprint density at radius 2 is 1.82 bits per heavy atom. The van der Waals surface area contributed by atoms with Crippen LogP contribution in [0.3, 0.4) is 0 Å². The maximum Gasteiger partial charge on any atom is 0.143 e. The van der Waals surface area contributed by atoms with Gasteiger partial charge in [0, 0.05) is 6.42 Å². The van der Waals surface area contributed by atoms with Crippen LogP contribution in [0.1, 0.15) is 64.2 Å². The van der Waals surface area contributed by atoms with Crippen LogP contribution in [-0.2, 0) is 9.59 Å². The van der Waals surface area contributed by atoms with Crippen molar-refractivity contribution in [3.8, 4) is 0 Å². The summed E-state index contributed by atoms with van der Waals surface area (Å²) in [4.78, 5) is 22.8. The van der Waals surface area contributed by atoms with Crippen molar-refractivity contribution in [1.29, 1.82) is 0 Å². The van der Waals surface area contributed by atoms with E-state index in [-0.39, 0.29) is 11.7 Å². The number of Topliss-reactive ketones (excluding diaryl/α,β-unsaturated/α-hetero) is 1. The fourth-order valence-electron chi connectivity index (χ4n) is 2.66. The Hall–Kier alpha value is -0.660. The number of hydrogen-bond acceptors (Lipinski definition) is 2. The summed E-state index contributed by atoms with van der Waals surface area (Å²) >= 11 is 0. The SMILES string of the molecule is O=CC(CCC1CC1)C(=O)CCCC1CCC1. The van der Waals surface area contributed by atoms with Gasteiger partial charge in [0.2, 0.25) is 0 Å². The Kier molecular flexibility index (Phi) is 4.75. The molecule has 0 bridgehead atoms. The zero-order valence-corrected chi connectivity index (χ0v) is 10.7. The normalized spacial score (nSPS) is 21.9. The predicted molar refractivity (Wildman–Crippen MR) is 67.7 cm³/mol. The summed E-state index contributed by atoms with van der Waals surface area (Å²) in [5, 5.41) is 0. The highest BCUT2D eigenvalue weighted by molar-refractivity contribution is 5.93. The Morgan fingerprint density at radius 3 is 2.35 bits per heavy atom. The highest BCUT2D eigenvalue weighted by Crippen LogP contribution is 2.35. The molecule has 0 aromatic carbocycles. The molecule has 0 aromatic rings. The van der Waals surface area contributed by atoms with Gasteiger partial charge in [0.1, 0.15) is 12.1 Å². The minimum atomic E-state index is -0.294. The molecule has 2 heteroatoms. The third-order valence-electron chi connectivity index (χ3n) is 4.42. The summed E-state index contributed by atoms with van der Waals surface area (Å²) in [5.41, 5.74) is 0. The Bertz CT molecular complexity index is 264. The first-order valence-electron chi connectivity index (χ1n) is 7.27. The Balaban J connectivity index is 1.58. The molecule has 2 aliphatic carbocycles. The average molecular weight is 236 g/mol. The van der Waals surface area contributed by atoms with Gasteiger partial charge in [-0.2, -0.15) is 0 Å². The average Bonchev–Trinajstić information content (AvgIpc) is 3.06. The van der Waals surface area contributed by atoms with E-state index in [1.807, 2.05) is 0 Å². The molecule has 0 spiro atoms. The predicted octanol–water partition coefficient (Wildman–Crippen LogP) is 3.53. The monoisotopic (exact) mass is 236 g/mol. The Morgan fingerprint density at radius 1 is 1.12 bits per heavy atom. The van der Waals surface area contributed by atoms with Crippen LogP contribution in [0.4, 0.5) is 0 Å². The lowest BCUT2D eigenvalue weighted by atomic mass is 9.81. The molecule has 0 aliphatic heterocycles. The lowest BCUT2D eigenvalue weighted by molar-refractivity contribution is -0.127. The van der Waals surface area contributed by atoms with E-state index in [9.17, 15) is 9.59 Å². The van der Waals surface area contributed by atoms with E-state index in [1.54, 1.807) is 0 Å². The van der Waals surface area contributed by atoms with Crippen LogP contribution >= 0.6 is 0 Å². The zero-order valence-electron chi connectivity index (χ0n) is 10.7. The topological polar surface area (TPSA) is 34.1 Å². The van der Waals surface area contributed by atoms with Crippen LogP contribution in [-0.4, -0.2) is 12.1 Å². The molecule has 2 rings (SSSR count). The molecular weight excluding hydrogens is 212 g/mol. The molecule has 0 saturated heterocycles. The van der Waals surface area contributed by atoms with Crippen LogP contribution in [0.2, 0.25) is 0 Å². The van der Waals surface area contributed by atoms with Crippen molar-refractivity contribution < 1.29 is 9.59 Å². The number of rotatable bonds is 9. The second-order valence-electron chi connectivity index (χ2n) is 5.92. The van der Waals surface area contributed by atoms with E-state index in [4.69, 9.17) is 0 Å². The highest BCUT2D eigenvalue weighted by atomic mass is 16.1. The first kappa shape index (κ1) is 12.8. The maximum atomic E-state index is 11.9. The van der Waals surface area contributed by atoms with Gasteiger partial charge in [0.25, 0.3) is 0 Å². The molecule has 17 heavy (non-hydrogen) atoms. The van der Waals surface area contributed by atoms with Crippen molar-refractivity contribution in [2.24, 2.45) is 17.8 Å². The third kappa shape index (κ3) is 4.25. The minimum absolute atomic E-state index is 0.194.